The summed E-state index contributed by atoms with van der Waals surface area (Å²) in [5.41, 5.74) is 1.65. The first-order valence-electron chi connectivity index (χ1n) is 6.71. The third-order valence-electron chi connectivity index (χ3n) is 3.27. The molecule has 0 atom stereocenters. The lowest BCUT2D eigenvalue weighted by atomic mass is 10.1. The molecule has 1 rings (SSSR count). The monoisotopic (exact) mass is 318 g/mol. The topological polar surface area (TPSA) is 49.4 Å². The van der Waals surface area contributed by atoms with Crippen LogP contribution < -0.4 is 5.32 Å². The van der Waals surface area contributed by atoms with Crippen LogP contribution in [0.3, 0.4) is 0 Å². The van der Waals surface area contributed by atoms with Crippen molar-refractivity contribution in [2.45, 2.75) is 45.2 Å². The molecule has 1 aromatic rings. The largest absolute Gasteiger partial charge is 0.316 e. The maximum absolute atomic E-state index is 12.8. The molecule has 20 heavy (non-hydrogen) atoms. The van der Waals surface area contributed by atoms with Gasteiger partial charge in [-0.25, -0.2) is 8.42 Å². The second-order valence-corrected chi connectivity index (χ2v) is 7.32. The van der Waals surface area contributed by atoms with E-state index < -0.39 is 10.0 Å². The molecule has 1 aromatic carbocycles. The van der Waals surface area contributed by atoms with Gasteiger partial charge in [-0.05, 0) is 51.1 Å². The number of hydrogen-bond donors (Lipinski definition) is 1. The lowest BCUT2D eigenvalue weighted by Crippen LogP contribution is -2.37. The van der Waals surface area contributed by atoms with Crippen molar-refractivity contribution < 1.29 is 8.42 Å². The summed E-state index contributed by atoms with van der Waals surface area (Å²) in [6.07, 6.45) is 0. The molecule has 0 amide bonds. The van der Waals surface area contributed by atoms with Gasteiger partial charge < -0.3 is 5.32 Å². The Labute approximate surface area is 127 Å². The van der Waals surface area contributed by atoms with E-state index in [0.717, 1.165) is 11.1 Å². The standard InChI is InChI=1S/C14H23ClN2O2S/c1-6-17(10(2)3)20(18,19)14-8-13(15)7-12(9-16-5)11(14)4/h7-8,10,16H,6,9H2,1-5H3. The first-order chi connectivity index (χ1) is 9.25. The van der Waals surface area contributed by atoms with Crippen LogP contribution in [0.4, 0.5) is 0 Å². The van der Waals surface area contributed by atoms with Gasteiger partial charge in [0.1, 0.15) is 0 Å². The normalized spacial score (nSPS) is 12.4. The predicted molar refractivity (Wildman–Crippen MR) is 83.7 cm³/mol. The Kier molecular flexibility index (Phi) is 6.01. The summed E-state index contributed by atoms with van der Waals surface area (Å²) in [6.45, 7) is 8.43. The first-order valence-corrected chi connectivity index (χ1v) is 8.53. The number of nitrogens with one attached hydrogen (secondary N) is 1. The fourth-order valence-electron chi connectivity index (χ4n) is 2.29. The van der Waals surface area contributed by atoms with E-state index in [0.29, 0.717) is 23.0 Å². The molecule has 6 heteroatoms. The van der Waals surface area contributed by atoms with Crippen molar-refractivity contribution >= 4 is 21.6 Å². The van der Waals surface area contributed by atoms with Crippen LogP contribution in [0, 0.1) is 6.92 Å². The summed E-state index contributed by atoms with van der Waals surface area (Å²) in [4.78, 5) is 0.297. The van der Waals surface area contributed by atoms with Crippen LogP contribution in [0.1, 0.15) is 31.9 Å². The summed E-state index contributed by atoms with van der Waals surface area (Å²) in [7, 11) is -1.70. The minimum atomic E-state index is -3.52. The zero-order chi connectivity index (χ0) is 15.5. The average Bonchev–Trinajstić information content (AvgIpc) is 2.33. The Bertz CT molecular complexity index is 571. The Morgan fingerprint density at radius 2 is 1.95 bits per heavy atom. The van der Waals surface area contributed by atoms with Crippen molar-refractivity contribution in [3.8, 4) is 0 Å². The van der Waals surface area contributed by atoms with Crippen molar-refractivity contribution in [3.05, 3.63) is 28.3 Å². The first kappa shape index (κ1) is 17.4. The van der Waals surface area contributed by atoms with E-state index in [1.165, 1.54) is 10.4 Å². The molecular weight excluding hydrogens is 296 g/mol. The smallest absolute Gasteiger partial charge is 0.243 e. The van der Waals surface area contributed by atoms with Gasteiger partial charge in [0.15, 0.2) is 0 Å². The Morgan fingerprint density at radius 3 is 2.40 bits per heavy atom. The number of sulfonamides is 1. The Balaban J connectivity index is 3.45. The van der Waals surface area contributed by atoms with Crippen molar-refractivity contribution in [2.75, 3.05) is 13.6 Å². The van der Waals surface area contributed by atoms with Gasteiger partial charge in [0, 0.05) is 24.2 Å². The summed E-state index contributed by atoms with van der Waals surface area (Å²) in [5.74, 6) is 0. The summed E-state index contributed by atoms with van der Waals surface area (Å²) >= 11 is 6.08. The molecule has 114 valence electrons. The van der Waals surface area contributed by atoms with Crippen LogP contribution >= 0.6 is 11.6 Å². The Morgan fingerprint density at radius 1 is 1.35 bits per heavy atom. The van der Waals surface area contributed by atoms with Gasteiger partial charge in [-0.3, -0.25) is 0 Å². The molecule has 0 saturated carbocycles. The number of halogens is 1. The number of rotatable bonds is 6. The lowest BCUT2D eigenvalue weighted by Gasteiger charge is -2.26. The van der Waals surface area contributed by atoms with Gasteiger partial charge >= 0.3 is 0 Å². The maximum Gasteiger partial charge on any atom is 0.243 e. The highest BCUT2D eigenvalue weighted by Gasteiger charge is 2.28. The number of hydrogen-bond acceptors (Lipinski definition) is 3. The second kappa shape index (κ2) is 6.89. The summed E-state index contributed by atoms with van der Waals surface area (Å²) < 4.78 is 27.0. The van der Waals surface area contributed by atoms with E-state index in [-0.39, 0.29) is 6.04 Å². The third-order valence-corrected chi connectivity index (χ3v) is 5.77. The molecule has 1 N–H and O–H groups in total. The highest BCUT2D eigenvalue weighted by atomic mass is 35.5. The summed E-state index contributed by atoms with van der Waals surface area (Å²) in [5, 5.41) is 3.47. The van der Waals surface area contributed by atoms with Crippen molar-refractivity contribution in [1.82, 2.24) is 9.62 Å². The molecule has 0 spiro atoms. The molecule has 0 aliphatic heterocycles. The highest BCUT2D eigenvalue weighted by Crippen LogP contribution is 2.27. The van der Waals surface area contributed by atoms with Crippen molar-refractivity contribution in [2.24, 2.45) is 0 Å². The molecule has 0 aliphatic rings. The third kappa shape index (κ3) is 3.52. The Hall–Kier alpha value is -0.620. The van der Waals surface area contributed by atoms with E-state index in [4.69, 9.17) is 11.6 Å². The van der Waals surface area contributed by atoms with Crippen LogP contribution in [-0.2, 0) is 16.6 Å². The van der Waals surface area contributed by atoms with Crippen LogP contribution in [0.25, 0.3) is 0 Å². The molecule has 0 aromatic heterocycles. The van der Waals surface area contributed by atoms with E-state index in [1.54, 1.807) is 6.07 Å². The van der Waals surface area contributed by atoms with Crippen LogP contribution in [0.2, 0.25) is 5.02 Å². The van der Waals surface area contributed by atoms with Gasteiger partial charge in [-0.15, -0.1) is 0 Å². The van der Waals surface area contributed by atoms with Crippen molar-refractivity contribution in [1.29, 1.82) is 0 Å². The quantitative estimate of drug-likeness (QED) is 0.877. The molecular formula is C14H23ClN2O2S. The van der Waals surface area contributed by atoms with E-state index in [9.17, 15) is 8.42 Å². The van der Waals surface area contributed by atoms with E-state index in [2.05, 4.69) is 5.32 Å². The molecule has 4 nitrogen and oxygen atoms in total. The fraction of sp³-hybridized carbons (Fsp3) is 0.571. The SMILES string of the molecule is CCN(C(C)C)S(=O)(=O)c1cc(Cl)cc(CNC)c1C. The molecule has 0 saturated heterocycles. The van der Waals surface area contributed by atoms with Crippen LogP contribution in [-0.4, -0.2) is 32.4 Å². The number of benzene rings is 1. The van der Waals surface area contributed by atoms with Crippen LogP contribution in [0.15, 0.2) is 17.0 Å². The zero-order valence-electron chi connectivity index (χ0n) is 12.7. The van der Waals surface area contributed by atoms with Crippen molar-refractivity contribution in [3.63, 3.8) is 0 Å². The minimum Gasteiger partial charge on any atom is -0.316 e. The van der Waals surface area contributed by atoms with Gasteiger partial charge in [0.05, 0.1) is 4.90 Å². The second-order valence-electron chi connectivity index (χ2n) is 5.02. The van der Waals surface area contributed by atoms with Gasteiger partial charge in [0.2, 0.25) is 10.0 Å². The molecule has 0 heterocycles. The lowest BCUT2D eigenvalue weighted by molar-refractivity contribution is 0.369. The van der Waals surface area contributed by atoms with E-state index >= 15 is 0 Å². The molecule has 0 aliphatic carbocycles. The molecule has 0 bridgehead atoms. The molecule has 0 unspecified atom stereocenters. The maximum atomic E-state index is 12.8. The minimum absolute atomic E-state index is 0.0869. The average molecular weight is 319 g/mol. The molecule has 0 fully saturated rings. The zero-order valence-corrected chi connectivity index (χ0v) is 14.3. The summed E-state index contributed by atoms with van der Waals surface area (Å²) in [6, 6.07) is 3.25. The highest BCUT2D eigenvalue weighted by molar-refractivity contribution is 7.89. The van der Waals surface area contributed by atoms with Gasteiger partial charge in [0.25, 0.3) is 0 Å². The van der Waals surface area contributed by atoms with E-state index in [1.807, 2.05) is 34.7 Å². The van der Waals surface area contributed by atoms with Crippen LogP contribution in [0.5, 0.6) is 0 Å². The van der Waals surface area contributed by atoms with Gasteiger partial charge in [-0.1, -0.05) is 18.5 Å². The number of nitrogens with zero attached hydrogens (tertiary/aromatic N) is 1. The predicted octanol–water partition coefficient (Wildman–Crippen LogP) is 2.79. The fourth-order valence-corrected chi connectivity index (χ4v) is 4.54. The molecule has 0 radical (unpaired) electrons. The van der Waals surface area contributed by atoms with Gasteiger partial charge in [-0.2, -0.15) is 4.31 Å².